The highest BCUT2D eigenvalue weighted by molar-refractivity contribution is 6.30. The molecule has 1 aromatic rings. The molecule has 3 heterocycles. The van der Waals surface area contributed by atoms with Crippen molar-refractivity contribution in [2.45, 2.75) is 25.3 Å². The highest BCUT2D eigenvalue weighted by Crippen LogP contribution is 2.31. The van der Waals surface area contributed by atoms with Gasteiger partial charge in [0, 0.05) is 44.8 Å². The van der Waals surface area contributed by atoms with E-state index in [0.29, 0.717) is 74.7 Å². The highest BCUT2D eigenvalue weighted by Gasteiger charge is 2.37. The van der Waals surface area contributed by atoms with E-state index < -0.39 is 11.6 Å². The standard InChI is InChI=1S/C16H24ClN5O4/c1-16(3-4-22(10-16)15(24)25)20-13-11(2-7-23)12(17)18-14(19-13)21-5-8-26-9-6-21/h23H,2-10H2,1H3,(H,24,25)(H,18,19,20). The van der Waals surface area contributed by atoms with E-state index in [0.717, 1.165) is 0 Å². The van der Waals surface area contributed by atoms with Crippen LogP contribution in [0.4, 0.5) is 16.6 Å². The van der Waals surface area contributed by atoms with Gasteiger partial charge in [-0.2, -0.15) is 4.98 Å². The Kier molecular flexibility index (Phi) is 5.69. The predicted molar refractivity (Wildman–Crippen MR) is 97.1 cm³/mol. The van der Waals surface area contributed by atoms with Crippen LogP contribution in [0.25, 0.3) is 0 Å². The van der Waals surface area contributed by atoms with Gasteiger partial charge in [-0.05, 0) is 13.3 Å². The fraction of sp³-hybridized carbons (Fsp3) is 0.688. The molecule has 1 amide bonds. The van der Waals surface area contributed by atoms with Gasteiger partial charge in [0.15, 0.2) is 0 Å². The van der Waals surface area contributed by atoms with Crippen molar-refractivity contribution in [1.29, 1.82) is 0 Å². The highest BCUT2D eigenvalue weighted by atomic mass is 35.5. The number of likely N-dealkylation sites (tertiary alicyclic amines) is 1. The third-order valence-corrected chi connectivity index (χ3v) is 5.08. The van der Waals surface area contributed by atoms with Crippen molar-refractivity contribution in [3.05, 3.63) is 10.7 Å². The van der Waals surface area contributed by atoms with E-state index in [2.05, 4.69) is 15.3 Å². The van der Waals surface area contributed by atoms with Crippen molar-refractivity contribution in [2.75, 3.05) is 56.2 Å². The number of amides is 1. The number of carboxylic acid groups (broad SMARTS) is 1. The Labute approximate surface area is 156 Å². The van der Waals surface area contributed by atoms with Crippen LogP contribution in [0.1, 0.15) is 18.9 Å². The fourth-order valence-electron chi connectivity index (χ4n) is 3.30. The molecule has 2 fully saturated rings. The molecule has 0 saturated carbocycles. The first-order chi connectivity index (χ1) is 12.4. The van der Waals surface area contributed by atoms with Crippen molar-refractivity contribution in [3.8, 4) is 0 Å². The van der Waals surface area contributed by atoms with E-state index >= 15 is 0 Å². The third kappa shape index (κ3) is 4.11. The Balaban J connectivity index is 1.88. The second-order valence-electron chi connectivity index (χ2n) is 6.85. The summed E-state index contributed by atoms with van der Waals surface area (Å²) in [5.74, 6) is 1.06. The average Bonchev–Trinajstić information content (AvgIpc) is 3.01. The van der Waals surface area contributed by atoms with E-state index in [4.69, 9.17) is 16.3 Å². The summed E-state index contributed by atoms with van der Waals surface area (Å²) in [6.07, 6.45) is 0.0520. The van der Waals surface area contributed by atoms with Gasteiger partial charge >= 0.3 is 6.09 Å². The van der Waals surface area contributed by atoms with Gasteiger partial charge in [0.1, 0.15) is 11.0 Å². The summed E-state index contributed by atoms with van der Waals surface area (Å²) in [7, 11) is 0. The zero-order valence-corrected chi connectivity index (χ0v) is 15.5. The minimum atomic E-state index is -0.930. The number of hydrogen-bond acceptors (Lipinski definition) is 7. The molecule has 0 radical (unpaired) electrons. The first-order valence-electron chi connectivity index (χ1n) is 8.68. The molecule has 0 spiro atoms. The van der Waals surface area contributed by atoms with Crippen molar-refractivity contribution in [3.63, 3.8) is 0 Å². The second kappa shape index (κ2) is 7.81. The summed E-state index contributed by atoms with van der Waals surface area (Å²) >= 11 is 6.38. The van der Waals surface area contributed by atoms with E-state index in [1.165, 1.54) is 4.90 Å². The number of hydrogen-bond donors (Lipinski definition) is 3. The topological polar surface area (TPSA) is 111 Å². The molecule has 3 N–H and O–H groups in total. The maximum absolute atomic E-state index is 11.2. The number of morpholine rings is 1. The number of aliphatic hydroxyl groups excluding tert-OH is 1. The number of aromatic nitrogens is 2. The molecule has 2 aliphatic heterocycles. The second-order valence-corrected chi connectivity index (χ2v) is 7.21. The van der Waals surface area contributed by atoms with Gasteiger partial charge in [-0.15, -0.1) is 0 Å². The molecule has 2 saturated heterocycles. The van der Waals surface area contributed by atoms with Gasteiger partial charge in [0.2, 0.25) is 5.95 Å². The first-order valence-corrected chi connectivity index (χ1v) is 9.06. The van der Waals surface area contributed by atoms with Gasteiger partial charge in [-0.3, -0.25) is 0 Å². The van der Waals surface area contributed by atoms with Crippen molar-refractivity contribution >= 4 is 29.5 Å². The molecule has 2 aliphatic rings. The molecule has 10 heteroatoms. The van der Waals surface area contributed by atoms with Crippen LogP contribution < -0.4 is 10.2 Å². The maximum atomic E-state index is 11.2. The number of halogens is 1. The summed E-state index contributed by atoms with van der Waals surface area (Å²) in [6.45, 7) is 5.27. The molecule has 3 rings (SSSR count). The quantitative estimate of drug-likeness (QED) is 0.645. The lowest BCUT2D eigenvalue weighted by atomic mass is 10.0. The molecule has 1 unspecified atom stereocenters. The number of rotatable bonds is 5. The summed E-state index contributed by atoms with van der Waals surface area (Å²) in [5, 5.41) is 22.2. The van der Waals surface area contributed by atoms with Crippen molar-refractivity contribution in [1.82, 2.24) is 14.9 Å². The molecule has 0 aromatic carbocycles. The Morgan fingerprint density at radius 1 is 1.35 bits per heavy atom. The zero-order valence-electron chi connectivity index (χ0n) is 14.7. The SMILES string of the molecule is CC1(Nc2nc(N3CCOCC3)nc(Cl)c2CCO)CCN(C(=O)O)C1. The number of nitrogens with one attached hydrogen (secondary N) is 1. The van der Waals surface area contributed by atoms with Gasteiger partial charge in [-0.1, -0.05) is 11.6 Å². The van der Waals surface area contributed by atoms with Gasteiger partial charge in [0.05, 0.1) is 18.8 Å². The monoisotopic (exact) mass is 385 g/mol. The Morgan fingerprint density at radius 2 is 2.08 bits per heavy atom. The maximum Gasteiger partial charge on any atom is 0.407 e. The lowest BCUT2D eigenvalue weighted by molar-refractivity contribution is 0.122. The van der Waals surface area contributed by atoms with E-state index in [-0.39, 0.29) is 6.61 Å². The summed E-state index contributed by atoms with van der Waals surface area (Å²) in [5.41, 5.74) is 0.184. The Hall–Kier alpha value is -1.84. The number of ether oxygens (including phenoxy) is 1. The Morgan fingerprint density at radius 3 is 2.69 bits per heavy atom. The van der Waals surface area contributed by atoms with Gasteiger partial charge in [-0.25, -0.2) is 9.78 Å². The molecular weight excluding hydrogens is 362 g/mol. The number of anilines is 2. The molecule has 1 aromatic heterocycles. The van der Waals surface area contributed by atoms with Crippen LogP contribution in [0, 0.1) is 0 Å². The predicted octanol–water partition coefficient (Wildman–Crippen LogP) is 1.06. The number of aliphatic hydroxyl groups is 1. The van der Waals surface area contributed by atoms with Crippen LogP contribution >= 0.6 is 11.6 Å². The lowest BCUT2D eigenvalue weighted by Gasteiger charge is -2.30. The smallest absolute Gasteiger partial charge is 0.407 e. The molecule has 26 heavy (non-hydrogen) atoms. The summed E-state index contributed by atoms with van der Waals surface area (Å²) < 4.78 is 5.36. The largest absolute Gasteiger partial charge is 0.465 e. The minimum absolute atomic E-state index is 0.0768. The van der Waals surface area contributed by atoms with Crippen LogP contribution in [0.15, 0.2) is 0 Å². The molecule has 9 nitrogen and oxygen atoms in total. The van der Waals surface area contributed by atoms with Gasteiger partial charge < -0.3 is 30.1 Å². The first kappa shape index (κ1) is 18.9. The van der Waals surface area contributed by atoms with Crippen molar-refractivity contribution in [2.24, 2.45) is 0 Å². The van der Waals surface area contributed by atoms with Crippen LogP contribution in [0.2, 0.25) is 5.15 Å². The van der Waals surface area contributed by atoms with Crippen LogP contribution in [-0.4, -0.2) is 82.7 Å². The van der Waals surface area contributed by atoms with E-state index in [9.17, 15) is 15.0 Å². The zero-order chi connectivity index (χ0) is 18.7. The van der Waals surface area contributed by atoms with Crippen LogP contribution in [-0.2, 0) is 11.2 Å². The summed E-state index contributed by atoms with van der Waals surface area (Å²) in [6, 6.07) is 0. The van der Waals surface area contributed by atoms with E-state index in [1.54, 1.807) is 0 Å². The molecule has 0 aliphatic carbocycles. The lowest BCUT2D eigenvalue weighted by Crippen LogP contribution is -2.41. The normalized spacial score (nSPS) is 23.3. The Bertz CT molecular complexity index is 670. The van der Waals surface area contributed by atoms with Gasteiger partial charge in [0.25, 0.3) is 0 Å². The fourth-order valence-corrected chi connectivity index (χ4v) is 3.56. The van der Waals surface area contributed by atoms with Crippen LogP contribution in [0.3, 0.4) is 0 Å². The van der Waals surface area contributed by atoms with Crippen LogP contribution in [0.5, 0.6) is 0 Å². The minimum Gasteiger partial charge on any atom is -0.465 e. The third-order valence-electron chi connectivity index (χ3n) is 4.76. The number of carbonyl (C=O) groups is 1. The molecule has 0 bridgehead atoms. The van der Waals surface area contributed by atoms with Crippen molar-refractivity contribution < 1.29 is 19.7 Å². The number of nitrogens with zero attached hydrogens (tertiary/aromatic N) is 4. The average molecular weight is 386 g/mol. The molecule has 144 valence electrons. The molecule has 1 atom stereocenters. The van der Waals surface area contributed by atoms with E-state index in [1.807, 2.05) is 11.8 Å². The summed E-state index contributed by atoms with van der Waals surface area (Å²) in [4.78, 5) is 23.6. The molecular formula is C16H24ClN5O4.